The smallest absolute Gasteiger partial charge is 0.151 e. The van der Waals surface area contributed by atoms with Crippen LogP contribution in [0.2, 0.25) is 0 Å². The summed E-state index contributed by atoms with van der Waals surface area (Å²) < 4.78 is 0. The van der Waals surface area contributed by atoms with Gasteiger partial charge in [-0.2, -0.15) is 0 Å². The molecule has 1 atom stereocenters. The van der Waals surface area contributed by atoms with Crippen molar-refractivity contribution in [2.45, 2.75) is 40.7 Å². The van der Waals surface area contributed by atoms with E-state index in [1.54, 1.807) is 6.92 Å². The van der Waals surface area contributed by atoms with Crippen molar-refractivity contribution < 1.29 is 4.79 Å². The topological polar surface area (TPSA) is 43.1 Å². The zero-order valence-corrected chi connectivity index (χ0v) is 7.64. The van der Waals surface area contributed by atoms with Crippen molar-refractivity contribution in [3.63, 3.8) is 0 Å². The van der Waals surface area contributed by atoms with Crippen LogP contribution in [0.1, 0.15) is 34.6 Å². The molecule has 0 aliphatic carbocycles. The third-order valence-electron chi connectivity index (χ3n) is 1.02. The molecule has 0 aromatic heterocycles. The lowest BCUT2D eigenvalue weighted by molar-refractivity contribution is -0.122. The third kappa shape index (κ3) is 5.76. The van der Waals surface area contributed by atoms with Gasteiger partial charge in [-0.25, -0.2) is 0 Å². The predicted molar refractivity (Wildman–Crippen MR) is 44.8 cm³/mol. The van der Waals surface area contributed by atoms with E-state index in [2.05, 4.69) is 0 Å². The van der Waals surface area contributed by atoms with Gasteiger partial charge in [0.05, 0.1) is 6.04 Å². The number of rotatable bonds is 2. The molecule has 10 heavy (non-hydrogen) atoms. The Morgan fingerprint density at radius 3 is 1.50 bits per heavy atom. The molecule has 0 spiro atoms. The highest BCUT2D eigenvalue weighted by molar-refractivity contribution is 5.84. The van der Waals surface area contributed by atoms with Crippen LogP contribution < -0.4 is 5.73 Å². The molecule has 62 valence electrons. The molecule has 0 bridgehead atoms. The minimum atomic E-state index is -0.296. The Bertz CT molecular complexity index is 77.3. The van der Waals surface area contributed by atoms with Gasteiger partial charge in [0, 0.05) is 5.92 Å². The highest BCUT2D eigenvalue weighted by Gasteiger charge is 2.10. The molecule has 0 rings (SSSR count). The van der Waals surface area contributed by atoms with E-state index in [1.165, 1.54) is 0 Å². The van der Waals surface area contributed by atoms with Crippen molar-refractivity contribution in [3.8, 4) is 0 Å². The fourth-order valence-electron chi connectivity index (χ4n) is 0.526. The van der Waals surface area contributed by atoms with Crippen LogP contribution in [-0.4, -0.2) is 11.8 Å². The molecular weight excluding hydrogens is 126 g/mol. The number of nitrogens with two attached hydrogens (primary N) is 1. The summed E-state index contributed by atoms with van der Waals surface area (Å²) in [5.74, 6) is 0.208. The number of carbonyl (C=O) groups is 1. The summed E-state index contributed by atoms with van der Waals surface area (Å²) in [6.45, 7) is 9.42. The molecule has 0 aromatic carbocycles. The second kappa shape index (κ2) is 6.75. The highest BCUT2D eigenvalue weighted by Crippen LogP contribution is 1.95. The first-order chi connectivity index (χ1) is 4.55. The summed E-state index contributed by atoms with van der Waals surface area (Å²) in [4.78, 5) is 10.7. The fourth-order valence-corrected chi connectivity index (χ4v) is 0.526. The zero-order chi connectivity index (χ0) is 8.73. The van der Waals surface area contributed by atoms with E-state index >= 15 is 0 Å². The first-order valence-electron chi connectivity index (χ1n) is 3.85. The molecular formula is C8H19NO. The van der Waals surface area contributed by atoms with Crippen LogP contribution >= 0.6 is 0 Å². The number of hydrogen-bond acceptors (Lipinski definition) is 2. The Labute approximate surface area is 63.8 Å². The summed E-state index contributed by atoms with van der Waals surface area (Å²) in [6, 6.07) is -0.296. The van der Waals surface area contributed by atoms with Gasteiger partial charge in [-0.1, -0.05) is 27.7 Å². The van der Waals surface area contributed by atoms with Crippen LogP contribution in [-0.2, 0) is 4.79 Å². The van der Waals surface area contributed by atoms with Gasteiger partial charge in [0.1, 0.15) is 0 Å². The van der Waals surface area contributed by atoms with Crippen molar-refractivity contribution in [3.05, 3.63) is 0 Å². The monoisotopic (exact) mass is 145 g/mol. The van der Waals surface area contributed by atoms with Crippen molar-refractivity contribution >= 4 is 5.78 Å². The molecule has 0 radical (unpaired) electrons. The summed E-state index contributed by atoms with van der Waals surface area (Å²) in [5.41, 5.74) is 5.29. The summed E-state index contributed by atoms with van der Waals surface area (Å²) in [7, 11) is 0. The molecule has 0 aromatic rings. The average Bonchev–Trinajstić information content (AvgIpc) is 1.90. The molecule has 0 aliphatic rings. The van der Waals surface area contributed by atoms with E-state index < -0.39 is 0 Å². The zero-order valence-electron chi connectivity index (χ0n) is 7.64. The SMILES string of the molecule is CC.CC(C)C(=O)C(C)N. The molecule has 0 aliphatic heterocycles. The number of hydrogen-bond donors (Lipinski definition) is 1. The van der Waals surface area contributed by atoms with Crippen molar-refractivity contribution in [1.29, 1.82) is 0 Å². The van der Waals surface area contributed by atoms with Crippen LogP contribution in [0.5, 0.6) is 0 Å². The Hall–Kier alpha value is -0.370. The Morgan fingerprint density at radius 1 is 1.20 bits per heavy atom. The largest absolute Gasteiger partial charge is 0.322 e. The Kier molecular flexibility index (Phi) is 8.31. The Morgan fingerprint density at radius 2 is 1.50 bits per heavy atom. The maximum absolute atomic E-state index is 10.7. The standard InChI is InChI=1S/C6H13NO.C2H6/c1-4(2)6(8)5(3)7;1-2/h4-5H,7H2,1-3H3;1-2H3. The van der Waals surface area contributed by atoms with Crippen LogP contribution in [0.3, 0.4) is 0 Å². The summed E-state index contributed by atoms with van der Waals surface area (Å²) in [6.07, 6.45) is 0. The van der Waals surface area contributed by atoms with Crippen LogP contribution in [0.25, 0.3) is 0 Å². The van der Waals surface area contributed by atoms with Crippen molar-refractivity contribution in [2.75, 3.05) is 0 Å². The molecule has 1 unspecified atom stereocenters. The van der Waals surface area contributed by atoms with E-state index in [1.807, 2.05) is 27.7 Å². The van der Waals surface area contributed by atoms with Gasteiger partial charge in [-0.15, -0.1) is 0 Å². The van der Waals surface area contributed by atoms with E-state index in [0.29, 0.717) is 0 Å². The molecule has 0 fully saturated rings. The van der Waals surface area contributed by atoms with Gasteiger partial charge in [0.25, 0.3) is 0 Å². The van der Waals surface area contributed by atoms with Gasteiger partial charge in [-0.05, 0) is 6.92 Å². The summed E-state index contributed by atoms with van der Waals surface area (Å²) in [5, 5.41) is 0. The second-order valence-corrected chi connectivity index (χ2v) is 2.35. The first-order valence-corrected chi connectivity index (χ1v) is 3.85. The number of carbonyl (C=O) groups excluding carboxylic acids is 1. The minimum Gasteiger partial charge on any atom is -0.322 e. The molecule has 2 N–H and O–H groups in total. The quantitative estimate of drug-likeness (QED) is 0.641. The van der Waals surface area contributed by atoms with Gasteiger partial charge < -0.3 is 5.73 Å². The maximum atomic E-state index is 10.7. The van der Waals surface area contributed by atoms with E-state index in [4.69, 9.17) is 5.73 Å². The van der Waals surface area contributed by atoms with E-state index in [0.717, 1.165) is 0 Å². The Balaban J connectivity index is 0. The molecule has 2 heteroatoms. The van der Waals surface area contributed by atoms with Crippen LogP contribution in [0.15, 0.2) is 0 Å². The lowest BCUT2D eigenvalue weighted by atomic mass is 10.0. The van der Waals surface area contributed by atoms with Gasteiger partial charge in [0.15, 0.2) is 5.78 Å². The normalized spacial score (nSPS) is 11.9. The van der Waals surface area contributed by atoms with Gasteiger partial charge in [0.2, 0.25) is 0 Å². The van der Waals surface area contributed by atoms with Gasteiger partial charge in [-0.3, -0.25) is 4.79 Å². The predicted octanol–water partition coefficient (Wildman–Crippen LogP) is 1.58. The molecule has 0 amide bonds. The van der Waals surface area contributed by atoms with Gasteiger partial charge >= 0.3 is 0 Å². The van der Waals surface area contributed by atoms with Crippen LogP contribution in [0.4, 0.5) is 0 Å². The maximum Gasteiger partial charge on any atom is 0.151 e. The lowest BCUT2D eigenvalue weighted by Gasteiger charge is -2.05. The fraction of sp³-hybridized carbons (Fsp3) is 0.875. The van der Waals surface area contributed by atoms with Crippen LogP contribution in [0, 0.1) is 5.92 Å². The first kappa shape index (κ1) is 12.3. The number of ketones is 1. The van der Waals surface area contributed by atoms with Crippen molar-refractivity contribution in [1.82, 2.24) is 0 Å². The second-order valence-electron chi connectivity index (χ2n) is 2.35. The molecule has 0 saturated heterocycles. The molecule has 2 nitrogen and oxygen atoms in total. The minimum absolute atomic E-state index is 0.0787. The van der Waals surface area contributed by atoms with Crippen molar-refractivity contribution in [2.24, 2.45) is 11.7 Å². The summed E-state index contributed by atoms with van der Waals surface area (Å²) >= 11 is 0. The number of Topliss-reactive ketones (excluding diaryl/α,β-unsaturated/α-hetero) is 1. The molecule has 0 saturated carbocycles. The lowest BCUT2D eigenvalue weighted by Crippen LogP contribution is -2.30. The highest BCUT2D eigenvalue weighted by atomic mass is 16.1. The van der Waals surface area contributed by atoms with E-state index in [9.17, 15) is 4.79 Å². The van der Waals surface area contributed by atoms with E-state index in [-0.39, 0.29) is 17.7 Å². The average molecular weight is 145 g/mol. The third-order valence-corrected chi connectivity index (χ3v) is 1.02. The molecule has 0 heterocycles.